The van der Waals surface area contributed by atoms with Crippen molar-refractivity contribution in [2.45, 2.75) is 25.5 Å². The van der Waals surface area contributed by atoms with E-state index in [4.69, 9.17) is 4.18 Å². The van der Waals surface area contributed by atoms with Crippen LogP contribution in [-0.2, 0) is 20.1 Å². The zero-order valence-corrected chi connectivity index (χ0v) is 9.53. The topological polar surface area (TPSA) is 56.3 Å². The Kier molecular flexibility index (Phi) is 4.71. The van der Waals surface area contributed by atoms with Crippen LogP contribution >= 0.6 is 0 Å². The van der Waals surface area contributed by atoms with E-state index in [1.807, 2.05) is 6.92 Å². The Hall–Kier alpha value is -0.940. The summed E-state index contributed by atoms with van der Waals surface area (Å²) in [5.74, 6) is -0.155. The molecular weight excluding hydrogens is 214 g/mol. The Balaban J connectivity index is 2.50. The van der Waals surface area contributed by atoms with Crippen LogP contribution in [0.15, 0.2) is 24.4 Å². The van der Waals surface area contributed by atoms with Crippen LogP contribution < -0.4 is 0 Å². The minimum atomic E-state index is -3.47. The average molecular weight is 229 g/mol. The highest BCUT2D eigenvalue weighted by Crippen LogP contribution is 2.05. The number of nitrogens with zero attached hydrogens (tertiary/aromatic N) is 1. The quantitative estimate of drug-likeness (QED) is 0.550. The highest BCUT2D eigenvalue weighted by Gasteiger charge is 2.12. The van der Waals surface area contributed by atoms with Gasteiger partial charge in [0, 0.05) is 6.20 Å². The molecule has 84 valence electrons. The van der Waals surface area contributed by atoms with Gasteiger partial charge in [0.05, 0.1) is 12.3 Å². The smallest absolute Gasteiger partial charge is 0.270 e. The molecule has 0 aromatic carbocycles. The maximum absolute atomic E-state index is 11.4. The summed E-state index contributed by atoms with van der Waals surface area (Å²) in [6.07, 6.45) is 3.23. The molecule has 0 saturated carbocycles. The van der Waals surface area contributed by atoms with E-state index in [0.717, 1.165) is 12.8 Å². The van der Waals surface area contributed by atoms with Crippen LogP contribution in [0.1, 0.15) is 25.5 Å². The van der Waals surface area contributed by atoms with E-state index in [1.165, 1.54) is 0 Å². The second-order valence-corrected chi connectivity index (χ2v) is 4.84. The van der Waals surface area contributed by atoms with E-state index in [9.17, 15) is 8.42 Å². The van der Waals surface area contributed by atoms with Crippen molar-refractivity contribution in [3.05, 3.63) is 30.1 Å². The van der Waals surface area contributed by atoms with Crippen LogP contribution in [-0.4, -0.2) is 20.0 Å². The van der Waals surface area contributed by atoms with E-state index >= 15 is 0 Å². The minimum absolute atomic E-state index is 0.155. The lowest BCUT2D eigenvalue weighted by Crippen LogP contribution is -2.10. The molecule has 0 atom stereocenters. The van der Waals surface area contributed by atoms with Crippen molar-refractivity contribution in [2.75, 3.05) is 6.61 Å². The van der Waals surface area contributed by atoms with Crippen molar-refractivity contribution in [3.63, 3.8) is 0 Å². The second kappa shape index (κ2) is 5.82. The molecule has 0 saturated heterocycles. The summed E-state index contributed by atoms with van der Waals surface area (Å²) in [5, 5.41) is 0. The lowest BCUT2D eigenvalue weighted by atomic mass is 10.4. The monoisotopic (exact) mass is 229 g/mol. The fourth-order valence-corrected chi connectivity index (χ4v) is 2.02. The van der Waals surface area contributed by atoms with Gasteiger partial charge in [0.2, 0.25) is 0 Å². The average Bonchev–Trinajstić information content (AvgIpc) is 2.18. The maximum Gasteiger partial charge on any atom is 0.273 e. The molecule has 0 aliphatic carbocycles. The van der Waals surface area contributed by atoms with Crippen LogP contribution in [0.2, 0.25) is 0 Å². The molecule has 1 aromatic rings. The summed E-state index contributed by atoms with van der Waals surface area (Å²) in [4.78, 5) is 3.93. The van der Waals surface area contributed by atoms with Gasteiger partial charge in [-0.3, -0.25) is 9.17 Å². The predicted molar refractivity (Wildman–Crippen MR) is 57.7 cm³/mol. The molecule has 0 bridgehead atoms. The fraction of sp³-hybridized carbons (Fsp3) is 0.500. The largest absolute Gasteiger partial charge is 0.273 e. The number of rotatable bonds is 6. The SMILES string of the molecule is CCCCOS(=O)(=O)Cc1ccccn1. The first-order valence-corrected chi connectivity index (χ1v) is 6.49. The van der Waals surface area contributed by atoms with Gasteiger partial charge in [-0.15, -0.1) is 0 Å². The van der Waals surface area contributed by atoms with Gasteiger partial charge in [0.15, 0.2) is 0 Å². The molecule has 0 unspecified atom stereocenters. The van der Waals surface area contributed by atoms with Crippen molar-refractivity contribution in [1.29, 1.82) is 0 Å². The molecule has 0 radical (unpaired) electrons. The van der Waals surface area contributed by atoms with Crippen molar-refractivity contribution in [1.82, 2.24) is 4.98 Å². The Labute approximate surface area is 90.4 Å². The lowest BCUT2D eigenvalue weighted by Gasteiger charge is -2.03. The third-order valence-corrected chi connectivity index (χ3v) is 2.99. The van der Waals surface area contributed by atoms with E-state index in [0.29, 0.717) is 5.69 Å². The number of unbranched alkanes of at least 4 members (excludes halogenated alkanes) is 1. The van der Waals surface area contributed by atoms with E-state index in [-0.39, 0.29) is 12.4 Å². The highest BCUT2D eigenvalue weighted by molar-refractivity contribution is 7.85. The molecule has 1 heterocycles. The Bertz CT molecular complexity index is 375. The molecule has 4 nitrogen and oxygen atoms in total. The van der Waals surface area contributed by atoms with Gasteiger partial charge in [-0.1, -0.05) is 19.4 Å². The number of hydrogen-bond acceptors (Lipinski definition) is 4. The zero-order chi connectivity index (χ0) is 11.1. The van der Waals surface area contributed by atoms with Crippen molar-refractivity contribution < 1.29 is 12.6 Å². The standard InChI is InChI=1S/C10H15NO3S/c1-2-3-8-14-15(12,13)9-10-6-4-5-7-11-10/h4-7H,2-3,8-9H2,1H3. The summed E-state index contributed by atoms with van der Waals surface area (Å²) >= 11 is 0. The summed E-state index contributed by atoms with van der Waals surface area (Å²) in [7, 11) is -3.47. The molecule has 0 N–H and O–H groups in total. The van der Waals surface area contributed by atoms with Gasteiger partial charge in [0.25, 0.3) is 10.1 Å². The molecule has 0 aliphatic heterocycles. The van der Waals surface area contributed by atoms with Crippen molar-refractivity contribution in [2.24, 2.45) is 0 Å². The molecule has 0 spiro atoms. The first kappa shape index (κ1) is 12.1. The molecule has 5 heteroatoms. The molecule has 1 rings (SSSR count). The molecule has 0 fully saturated rings. The number of hydrogen-bond donors (Lipinski definition) is 0. The van der Waals surface area contributed by atoms with Gasteiger partial charge in [-0.2, -0.15) is 8.42 Å². The van der Waals surface area contributed by atoms with Gasteiger partial charge in [-0.05, 0) is 18.6 Å². The predicted octanol–water partition coefficient (Wildman–Crippen LogP) is 1.73. The molecule has 0 aliphatic rings. The van der Waals surface area contributed by atoms with Gasteiger partial charge in [0.1, 0.15) is 5.75 Å². The maximum atomic E-state index is 11.4. The van der Waals surface area contributed by atoms with Crippen LogP contribution in [0.5, 0.6) is 0 Å². The van der Waals surface area contributed by atoms with Crippen LogP contribution in [0, 0.1) is 0 Å². The van der Waals surface area contributed by atoms with Crippen LogP contribution in [0.3, 0.4) is 0 Å². The lowest BCUT2D eigenvalue weighted by molar-refractivity contribution is 0.310. The molecule has 15 heavy (non-hydrogen) atoms. The Morgan fingerprint density at radius 2 is 2.20 bits per heavy atom. The number of aromatic nitrogens is 1. The highest BCUT2D eigenvalue weighted by atomic mass is 32.2. The Morgan fingerprint density at radius 1 is 1.40 bits per heavy atom. The van der Waals surface area contributed by atoms with E-state index < -0.39 is 10.1 Å². The summed E-state index contributed by atoms with van der Waals surface area (Å²) in [5.41, 5.74) is 0.508. The fourth-order valence-electron chi connectivity index (χ4n) is 1.04. The van der Waals surface area contributed by atoms with Crippen molar-refractivity contribution in [3.8, 4) is 0 Å². The van der Waals surface area contributed by atoms with E-state index in [1.54, 1.807) is 24.4 Å². The first-order valence-electron chi connectivity index (χ1n) is 4.91. The zero-order valence-electron chi connectivity index (χ0n) is 8.72. The third kappa shape index (κ3) is 4.90. The van der Waals surface area contributed by atoms with Gasteiger partial charge in [-0.25, -0.2) is 0 Å². The van der Waals surface area contributed by atoms with Crippen molar-refractivity contribution >= 4 is 10.1 Å². The van der Waals surface area contributed by atoms with Crippen LogP contribution in [0.4, 0.5) is 0 Å². The normalized spacial score (nSPS) is 11.5. The summed E-state index contributed by atoms with van der Waals surface area (Å²) in [6, 6.07) is 5.17. The second-order valence-electron chi connectivity index (χ2n) is 3.20. The Morgan fingerprint density at radius 3 is 2.80 bits per heavy atom. The molecular formula is C10H15NO3S. The molecule has 1 aromatic heterocycles. The molecule has 0 amide bonds. The summed E-state index contributed by atoms with van der Waals surface area (Å²) < 4.78 is 27.6. The van der Waals surface area contributed by atoms with E-state index in [2.05, 4.69) is 4.98 Å². The summed E-state index contributed by atoms with van der Waals surface area (Å²) in [6.45, 7) is 2.24. The van der Waals surface area contributed by atoms with Gasteiger partial charge >= 0.3 is 0 Å². The third-order valence-electron chi connectivity index (χ3n) is 1.81. The first-order chi connectivity index (χ1) is 7.14. The van der Waals surface area contributed by atoms with Gasteiger partial charge < -0.3 is 0 Å². The number of pyridine rings is 1. The van der Waals surface area contributed by atoms with Crippen LogP contribution in [0.25, 0.3) is 0 Å². The minimum Gasteiger partial charge on any atom is -0.270 e.